The molecular formula is C24H23F2NO3. The van der Waals surface area contributed by atoms with Crippen molar-refractivity contribution in [1.82, 2.24) is 5.32 Å². The maximum Gasteiger partial charge on any atom is 0.323 e. The van der Waals surface area contributed by atoms with Crippen LogP contribution in [0.15, 0.2) is 84.9 Å². The Morgan fingerprint density at radius 1 is 0.767 bits per heavy atom. The van der Waals surface area contributed by atoms with Gasteiger partial charge < -0.3 is 9.47 Å². The Hall–Kier alpha value is -3.25. The van der Waals surface area contributed by atoms with Crippen LogP contribution in [0.5, 0.6) is 5.75 Å². The second kappa shape index (κ2) is 11.1. The molecule has 0 aromatic heterocycles. The van der Waals surface area contributed by atoms with E-state index >= 15 is 0 Å². The highest BCUT2D eigenvalue weighted by Gasteiger charge is 2.23. The Morgan fingerprint density at radius 2 is 1.33 bits per heavy atom. The number of hydrogen-bond donors (Lipinski definition) is 1. The van der Waals surface area contributed by atoms with Gasteiger partial charge in [0.05, 0.1) is 0 Å². The van der Waals surface area contributed by atoms with E-state index in [0.29, 0.717) is 12.4 Å². The molecule has 3 aromatic carbocycles. The Kier molecular flexibility index (Phi) is 7.92. The van der Waals surface area contributed by atoms with E-state index in [9.17, 15) is 13.6 Å². The van der Waals surface area contributed by atoms with Crippen LogP contribution in [0.4, 0.5) is 8.78 Å². The molecule has 0 fully saturated rings. The summed E-state index contributed by atoms with van der Waals surface area (Å²) in [5.41, 5.74) is 2.56. The third-order valence-electron chi connectivity index (χ3n) is 4.45. The first kappa shape index (κ1) is 21.5. The Labute approximate surface area is 174 Å². The average molecular weight is 411 g/mol. The number of benzene rings is 3. The van der Waals surface area contributed by atoms with Gasteiger partial charge in [-0.25, -0.2) is 5.32 Å². The molecule has 30 heavy (non-hydrogen) atoms. The van der Waals surface area contributed by atoms with Gasteiger partial charge in [-0.05, 0) is 35.2 Å². The lowest BCUT2D eigenvalue weighted by molar-refractivity contribution is -0.149. The molecule has 0 heterocycles. The van der Waals surface area contributed by atoms with E-state index in [1.807, 2.05) is 53.8 Å². The standard InChI is InChI=1S/C24H23F2NO3/c25-24(26)27-22(23(28)30-17-20-9-5-2-6-10-20)15-18-11-13-21(14-12-18)29-16-19-7-3-1-4-8-19/h1-14,22,24,27H,15-17H2. The molecule has 0 radical (unpaired) electrons. The number of carbonyl (C=O) groups is 1. The number of rotatable bonds is 10. The molecule has 3 aromatic rings. The molecule has 1 unspecified atom stereocenters. The number of nitrogens with one attached hydrogen (secondary N) is 1. The summed E-state index contributed by atoms with van der Waals surface area (Å²) in [6, 6.07) is 24.7. The molecule has 6 heteroatoms. The Bertz CT molecular complexity index is 903. The highest BCUT2D eigenvalue weighted by atomic mass is 19.3. The number of esters is 1. The van der Waals surface area contributed by atoms with E-state index in [1.54, 1.807) is 36.4 Å². The average Bonchev–Trinajstić information content (AvgIpc) is 2.77. The second-order valence-electron chi connectivity index (χ2n) is 6.74. The van der Waals surface area contributed by atoms with Crippen molar-refractivity contribution >= 4 is 5.97 Å². The largest absolute Gasteiger partial charge is 0.489 e. The summed E-state index contributed by atoms with van der Waals surface area (Å²) in [6.07, 6.45) is 0.0803. The van der Waals surface area contributed by atoms with Gasteiger partial charge in [0.15, 0.2) is 0 Å². The van der Waals surface area contributed by atoms with Crippen molar-refractivity contribution in [3.8, 4) is 5.75 Å². The van der Waals surface area contributed by atoms with Gasteiger partial charge in [0, 0.05) is 0 Å². The first-order valence-electron chi connectivity index (χ1n) is 9.60. The van der Waals surface area contributed by atoms with Crippen LogP contribution in [0, 0.1) is 0 Å². The number of carbonyl (C=O) groups excluding carboxylic acids is 1. The summed E-state index contributed by atoms with van der Waals surface area (Å²) >= 11 is 0. The number of hydrogen-bond acceptors (Lipinski definition) is 4. The highest BCUT2D eigenvalue weighted by molar-refractivity contribution is 5.76. The normalized spacial score (nSPS) is 11.8. The van der Waals surface area contributed by atoms with Crippen LogP contribution in [-0.4, -0.2) is 18.6 Å². The van der Waals surface area contributed by atoms with Gasteiger partial charge in [-0.3, -0.25) is 4.79 Å². The topological polar surface area (TPSA) is 47.6 Å². The summed E-state index contributed by atoms with van der Waals surface area (Å²) in [6.45, 7) is -2.36. The molecule has 1 N–H and O–H groups in total. The van der Waals surface area contributed by atoms with Gasteiger partial charge in [0.2, 0.25) is 0 Å². The predicted octanol–water partition coefficient (Wildman–Crippen LogP) is 4.73. The van der Waals surface area contributed by atoms with Gasteiger partial charge in [0.25, 0.3) is 6.55 Å². The lowest BCUT2D eigenvalue weighted by Gasteiger charge is -2.17. The number of halogens is 2. The van der Waals surface area contributed by atoms with E-state index < -0.39 is 18.6 Å². The molecule has 156 valence electrons. The van der Waals surface area contributed by atoms with Crippen molar-refractivity contribution in [2.24, 2.45) is 0 Å². The van der Waals surface area contributed by atoms with Crippen LogP contribution >= 0.6 is 0 Å². The molecule has 0 spiro atoms. The van der Waals surface area contributed by atoms with E-state index in [2.05, 4.69) is 0 Å². The van der Waals surface area contributed by atoms with Crippen molar-refractivity contribution < 1.29 is 23.0 Å². The third-order valence-corrected chi connectivity index (χ3v) is 4.45. The molecule has 0 saturated heterocycles. The second-order valence-corrected chi connectivity index (χ2v) is 6.74. The van der Waals surface area contributed by atoms with E-state index in [-0.39, 0.29) is 13.0 Å². The Balaban J connectivity index is 1.56. The van der Waals surface area contributed by atoms with Crippen LogP contribution in [0.1, 0.15) is 16.7 Å². The SMILES string of the molecule is O=C(OCc1ccccc1)C(Cc1ccc(OCc2ccccc2)cc1)NC(F)F. The van der Waals surface area contributed by atoms with Crippen molar-refractivity contribution in [3.63, 3.8) is 0 Å². The number of ether oxygens (including phenoxy) is 2. The smallest absolute Gasteiger partial charge is 0.323 e. The fourth-order valence-electron chi connectivity index (χ4n) is 2.89. The monoisotopic (exact) mass is 411 g/mol. The quantitative estimate of drug-likeness (QED) is 0.387. The van der Waals surface area contributed by atoms with Gasteiger partial charge in [-0.15, -0.1) is 0 Å². The zero-order valence-electron chi connectivity index (χ0n) is 16.3. The van der Waals surface area contributed by atoms with Crippen molar-refractivity contribution in [1.29, 1.82) is 0 Å². The van der Waals surface area contributed by atoms with Crippen molar-refractivity contribution in [3.05, 3.63) is 102 Å². The minimum Gasteiger partial charge on any atom is -0.489 e. The molecule has 3 rings (SSSR count). The highest BCUT2D eigenvalue weighted by Crippen LogP contribution is 2.16. The van der Waals surface area contributed by atoms with Crippen LogP contribution in [0.3, 0.4) is 0 Å². The van der Waals surface area contributed by atoms with E-state index in [4.69, 9.17) is 9.47 Å². The zero-order chi connectivity index (χ0) is 21.2. The predicted molar refractivity (Wildman–Crippen MR) is 110 cm³/mol. The molecule has 0 bridgehead atoms. The maximum atomic E-state index is 12.9. The van der Waals surface area contributed by atoms with Crippen LogP contribution < -0.4 is 10.1 Å². The minimum absolute atomic E-state index is 0.0351. The molecule has 0 amide bonds. The molecule has 0 aliphatic carbocycles. The summed E-state index contributed by atoms with van der Waals surface area (Å²) in [4.78, 5) is 12.3. The molecule has 4 nitrogen and oxygen atoms in total. The summed E-state index contributed by atoms with van der Waals surface area (Å²) in [5, 5.41) is 1.99. The summed E-state index contributed by atoms with van der Waals surface area (Å²) < 4.78 is 36.7. The molecule has 0 aliphatic rings. The molecule has 0 saturated carbocycles. The van der Waals surface area contributed by atoms with Gasteiger partial charge >= 0.3 is 5.97 Å². The van der Waals surface area contributed by atoms with Gasteiger partial charge in [0.1, 0.15) is 25.0 Å². The number of alkyl halides is 2. The minimum atomic E-state index is -2.83. The molecule has 1 atom stereocenters. The lowest BCUT2D eigenvalue weighted by Crippen LogP contribution is -2.42. The van der Waals surface area contributed by atoms with Crippen molar-refractivity contribution in [2.75, 3.05) is 0 Å². The third kappa shape index (κ3) is 6.97. The first-order chi connectivity index (χ1) is 14.6. The maximum absolute atomic E-state index is 12.9. The Morgan fingerprint density at radius 3 is 1.90 bits per heavy atom. The zero-order valence-corrected chi connectivity index (χ0v) is 16.3. The molecular weight excluding hydrogens is 388 g/mol. The fourth-order valence-corrected chi connectivity index (χ4v) is 2.89. The van der Waals surface area contributed by atoms with Crippen molar-refractivity contribution in [2.45, 2.75) is 32.2 Å². The lowest BCUT2D eigenvalue weighted by atomic mass is 10.1. The van der Waals surface area contributed by atoms with Gasteiger partial charge in [-0.2, -0.15) is 8.78 Å². The van der Waals surface area contributed by atoms with Crippen LogP contribution in [-0.2, 0) is 29.2 Å². The first-order valence-corrected chi connectivity index (χ1v) is 9.60. The van der Waals surface area contributed by atoms with Crippen LogP contribution in [0.2, 0.25) is 0 Å². The fraction of sp³-hybridized carbons (Fsp3) is 0.208. The summed E-state index contributed by atoms with van der Waals surface area (Å²) in [5.74, 6) is -0.0591. The molecule has 0 aliphatic heterocycles. The van der Waals surface area contributed by atoms with E-state index in [0.717, 1.165) is 16.7 Å². The van der Waals surface area contributed by atoms with E-state index in [1.165, 1.54) is 0 Å². The van der Waals surface area contributed by atoms with Crippen LogP contribution in [0.25, 0.3) is 0 Å². The summed E-state index contributed by atoms with van der Waals surface area (Å²) in [7, 11) is 0. The van der Waals surface area contributed by atoms with Gasteiger partial charge in [-0.1, -0.05) is 72.8 Å².